The van der Waals surface area contributed by atoms with Crippen LogP contribution < -0.4 is 0 Å². The highest BCUT2D eigenvalue weighted by Crippen LogP contribution is 2.07. The van der Waals surface area contributed by atoms with Crippen molar-refractivity contribution < 1.29 is 9.53 Å². The molecule has 3 heteroatoms. The van der Waals surface area contributed by atoms with Gasteiger partial charge in [-0.1, -0.05) is 18.3 Å². The van der Waals surface area contributed by atoms with Crippen molar-refractivity contribution in [1.29, 1.82) is 0 Å². The Kier molecular flexibility index (Phi) is 5.20. The van der Waals surface area contributed by atoms with E-state index in [4.69, 9.17) is 4.74 Å². The normalized spacial score (nSPS) is 18.8. The fourth-order valence-electron chi connectivity index (χ4n) is 1.70. The zero-order chi connectivity index (χ0) is 11.1. The maximum Gasteiger partial charge on any atom is 0.303 e. The van der Waals surface area contributed by atoms with Crippen molar-refractivity contribution in [2.45, 2.75) is 39.2 Å². The van der Waals surface area contributed by atoms with Crippen molar-refractivity contribution in [2.75, 3.05) is 19.6 Å². The largest absolute Gasteiger partial charge is 0.450 e. The van der Waals surface area contributed by atoms with Crippen molar-refractivity contribution in [2.24, 2.45) is 0 Å². The predicted molar refractivity (Wildman–Crippen MR) is 59.3 cm³/mol. The van der Waals surface area contributed by atoms with Crippen molar-refractivity contribution in [1.82, 2.24) is 4.90 Å². The van der Waals surface area contributed by atoms with Crippen LogP contribution in [0.25, 0.3) is 0 Å². The van der Waals surface area contributed by atoms with E-state index >= 15 is 0 Å². The number of piperidine rings is 1. The second-order valence-corrected chi connectivity index (χ2v) is 3.91. The molecule has 0 N–H and O–H groups in total. The third kappa shape index (κ3) is 5.44. The highest BCUT2D eigenvalue weighted by molar-refractivity contribution is 5.66. The monoisotopic (exact) mass is 209 g/mol. The van der Waals surface area contributed by atoms with Crippen LogP contribution in [0.15, 0.2) is 0 Å². The first-order valence-electron chi connectivity index (χ1n) is 5.56. The van der Waals surface area contributed by atoms with E-state index in [0.717, 1.165) is 19.6 Å². The molecule has 1 rings (SSSR count). The zero-order valence-corrected chi connectivity index (χ0v) is 9.58. The van der Waals surface area contributed by atoms with E-state index in [2.05, 4.69) is 16.7 Å². The van der Waals surface area contributed by atoms with Gasteiger partial charge in [-0.25, -0.2) is 0 Å². The minimum absolute atomic E-state index is 0.269. The van der Waals surface area contributed by atoms with Crippen molar-refractivity contribution in [3.05, 3.63) is 0 Å². The summed E-state index contributed by atoms with van der Waals surface area (Å²) in [7, 11) is 0. The van der Waals surface area contributed by atoms with Gasteiger partial charge in [0.15, 0.2) is 6.10 Å². The number of carbonyl (C=O) groups is 1. The molecule has 1 saturated heterocycles. The van der Waals surface area contributed by atoms with Crippen LogP contribution in [0, 0.1) is 11.8 Å². The lowest BCUT2D eigenvalue weighted by atomic mass is 10.1. The smallest absolute Gasteiger partial charge is 0.303 e. The highest BCUT2D eigenvalue weighted by Gasteiger charge is 2.07. The maximum atomic E-state index is 10.6. The van der Waals surface area contributed by atoms with Gasteiger partial charge in [-0.2, -0.15) is 0 Å². The molecule has 0 spiro atoms. The standard InChI is InChI=1S/C12H19NO2/c1-11(15-12(2)14)7-6-10-13-8-4-3-5-9-13/h11H,3-5,8-10H2,1-2H3/t11-/m0/s1. The lowest BCUT2D eigenvalue weighted by molar-refractivity contribution is -0.143. The van der Waals surface area contributed by atoms with Crippen LogP contribution in [0.1, 0.15) is 33.1 Å². The van der Waals surface area contributed by atoms with Crippen LogP contribution in [-0.4, -0.2) is 36.6 Å². The summed E-state index contributed by atoms with van der Waals surface area (Å²) in [5, 5.41) is 0. The number of carbonyl (C=O) groups excluding carboxylic acids is 1. The molecule has 1 atom stereocenters. The quantitative estimate of drug-likeness (QED) is 0.509. The number of likely N-dealkylation sites (tertiary alicyclic amines) is 1. The fourth-order valence-corrected chi connectivity index (χ4v) is 1.70. The van der Waals surface area contributed by atoms with Crippen molar-refractivity contribution in [3.63, 3.8) is 0 Å². The molecule has 0 bridgehead atoms. The third-order valence-electron chi connectivity index (χ3n) is 2.40. The van der Waals surface area contributed by atoms with Gasteiger partial charge in [-0.15, -0.1) is 0 Å². The number of hydrogen-bond donors (Lipinski definition) is 0. The maximum absolute atomic E-state index is 10.6. The molecule has 1 aliphatic rings. The van der Waals surface area contributed by atoms with Gasteiger partial charge in [-0.3, -0.25) is 9.69 Å². The summed E-state index contributed by atoms with van der Waals surface area (Å²) in [5.41, 5.74) is 0. The third-order valence-corrected chi connectivity index (χ3v) is 2.40. The molecule has 1 aliphatic heterocycles. The van der Waals surface area contributed by atoms with Crippen LogP contribution in [0.4, 0.5) is 0 Å². The van der Waals surface area contributed by atoms with Crippen molar-refractivity contribution in [3.8, 4) is 11.8 Å². The SMILES string of the molecule is CC(=O)O[C@@H](C)C#CCN1CCCCC1. The lowest BCUT2D eigenvalue weighted by Gasteiger charge is -2.23. The molecule has 0 aromatic carbocycles. The van der Waals surface area contributed by atoms with E-state index in [-0.39, 0.29) is 12.1 Å². The van der Waals surface area contributed by atoms with Crippen molar-refractivity contribution >= 4 is 5.97 Å². The first kappa shape index (κ1) is 12.1. The van der Waals surface area contributed by atoms with Gasteiger partial charge >= 0.3 is 5.97 Å². The lowest BCUT2D eigenvalue weighted by Crippen LogP contribution is -2.30. The molecule has 0 aliphatic carbocycles. The Hall–Kier alpha value is -1.01. The average molecular weight is 209 g/mol. The Bertz CT molecular complexity index is 259. The summed E-state index contributed by atoms with van der Waals surface area (Å²) < 4.78 is 4.91. The molecule has 1 fully saturated rings. The molecule has 0 saturated carbocycles. The molecule has 0 aromatic heterocycles. The second-order valence-electron chi connectivity index (χ2n) is 3.91. The van der Waals surface area contributed by atoms with Gasteiger partial charge in [0.2, 0.25) is 0 Å². The average Bonchev–Trinajstić information content (AvgIpc) is 2.18. The molecule has 0 amide bonds. The number of ether oxygens (including phenoxy) is 1. The van der Waals surface area contributed by atoms with E-state index in [1.165, 1.54) is 26.2 Å². The predicted octanol–water partition coefficient (Wildman–Crippen LogP) is 1.43. The molecule has 0 unspecified atom stereocenters. The minimum atomic E-state index is -0.285. The minimum Gasteiger partial charge on any atom is -0.450 e. The molecular weight excluding hydrogens is 190 g/mol. The summed E-state index contributed by atoms with van der Waals surface area (Å²) >= 11 is 0. The van der Waals surface area contributed by atoms with Gasteiger partial charge in [0.1, 0.15) is 0 Å². The molecular formula is C12H19NO2. The number of hydrogen-bond acceptors (Lipinski definition) is 3. The van der Waals surface area contributed by atoms with Gasteiger partial charge in [0.25, 0.3) is 0 Å². The molecule has 0 radical (unpaired) electrons. The van der Waals surface area contributed by atoms with Crippen LogP contribution in [0.2, 0.25) is 0 Å². The summed E-state index contributed by atoms with van der Waals surface area (Å²) in [4.78, 5) is 13.0. The number of nitrogens with zero attached hydrogens (tertiary/aromatic N) is 1. The van der Waals surface area contributed by atoms with Crippen LogP contribution in [0.3, 0.4) is 0 Å². The van der Waals surface area contributed by atoms with Gasteiger partial charge in [-0.05, 0) is 32.9 Å². The first-order chi connectivity index (χ1) is 7.18. The van der Waals surface area contributed by atoms with Crippen LogP contribution >= 0.6 is 0 Å². The Morgan fingerprint density at radius 1 is 1.40 bits per heavy atom. The van der Waals surface area contributed by atoms with Gasteiger partial charge < -0.3 is 4.74 Å². The number of rotatable bonds is 2. The first-order valence-corrected chi connectivity index (χ1v) is 5.56. The van der Waals surface area contributed by atoms with E-state index in [0.29, 0.717) is 0 Å². The van der Waals surface area contributed by atoms with E-state index in [9.17, 15) is 4.79 Å². The molecule has 0 aromatic rings. The molecule has 3 nitrogen and oxygen atoms in total. The summed E-state index contributed by atoms with van der Waals surface area (Å²) in [6.07, 6.45) is 3.61. The fraction of sp³-hybridized carbons (Fsp3) is 0.750. The van der Waals surface area contributed by atoms with E-state index < -0.39 is 0 Å². The zero-order valence-electron chi connectivity index (χ0n) is 9.58. The van der Waals surface area contributed by atoms with Gasteiger partial charge in [0, 0.05) is 6.92 Å². The van der Waals surface area contributed by atoms with E-state index in [1.807, 2.05) is 0 Å². The summed E-state index contributed by atoms with van der Waals surface area (Å²) in [5.74, 6) is 5.72. The molecule has 84 valence electrons. The van der Waals surface area contributed by atoms with Gasteiger partial charge in [0.05, 0.1) is 6.54 Å². The molecule has 15 heavy (non-hydrogen) atoms. The summed E-state index contributed by atoms with van der Waals surface area (Å²) in [6, 6.07) is 0. The Balaban J connectivity index is 2.22. The Morgan fingerprint density at radius 3 is 2.67 bits per heavy atom. The number of esters is 1. The second kappa shape index (κ2) is 6.47. The topological polar surface area (TPSA) is 29.5 Å². The summed E-state index contributed by atoms with van der Waals surface area (Å²) in [6.45, 7) is 6.30. The van der Waals surface area contributed by atoms with Crippen LogP contribution in [-0.2, 0) is 9.53 Å². The Labute approximate surface area is 91.8 Å². The molecule has 1 heterocycles. The highest BCUT2D eigenvalue weighted by atomic mass is 16.5. The van der Waals surface area contributed by atoms with E-state index in [1.54, 1.807) is 6.92 Å². The van der Waals surface area contributed by atoms with Crippen LogP contribution in [0.5, 0.6) is 0 Å². The Morgan fingerprint density at radius 2 is 2.07 bits per heavy atom.